The zero-order chi connectivity index (χ0) is 10.7. The molecular weight excluding hydrogens is 182 g/mol. The van der Waals surface area contributed by atoms with Gasteiger partial charge in [-0.3, -0.25) is 0 Å². The van der Waals surface area contributed by atoms with Gasteiger partial charge in [0, 0.05) is 6.04 Å². The maximum Gasteiger partial charge on any atom is 0.00794 e. The molecule has 1 aliphatic rings. The molecule has 0 spiro atoms. The highest BCUT2D eigenvalue weighted by Crippen LogP contribution is 2.33. The molecule has 2 N–H and O–H groups in total. The average Bonchev–Trinajstić information content (AvgIpc) is 2.98. The molecule has 0 amide bonds. The standard InChI is InChI=1S/C14H21N/c1-11-3-2-4-13(9-11)10-14(15)8-7-12-5-6-12/h2-4,9,12,14H,5-8,10,15H2,1H3. The predicted molar refractivity (Wildman–Crippen MR) is 64.8 cm³/mol. The Kier molecular flexibility index (Phi) is 3.42. The van der Waals surface area contributed by atoms with E-state index >= 15 is 0 Å². The van der Waals surface area contributed by atoms with E-state index in [1.807, 2.05) is 0 Å². The van der Waals surface area contributed by atoms with Crippen LogP contribution in [0.4, 0.5) is 0 Å². The SMILES string of the molecule is Cc1cccc(CC(N)CCC2CC2)c1. The molecule has 1 aromatic rings. The molecule has 1 nitrogen and oxygen atoms in total. The molecule has 1 heteroatoms. The number of rotatable bonds is 5. The van der Waals surface area contributed by atoms with Gasteiger partial charge >= 0.3 is 0 Å². The Bertz CT molecular complexity index is 315. The van der Waals surface area contributed by atoms with Crippen LogP contribution in [0.15, 0.2) is 24.3 Å². The molecule has 1 fully saturated rings. The Labute approximate surface area is 92.7 Å². The molecule has 0 aliphatic heterocycles. The largest absolute Gasteiger partial charge is 0.327 e. The maximum atomic E-state index is 6.13. The van der Waals surface area contributed by atoms with Gasteiger partial charge in [-0.05, 0) is 37.7 Å². The third-order valence-electron chi connectivity index (χ3n) is 3.22. The van der Waals surface area contributed by atoms with E-state index in [1.165, 1.54) is 36.8 Å². The number of hydrogen-bond acceptors (Lipinski definition) is 1. The minimum Gasteiger partial charge on any atom is -0.327 e. The van der Waals surface area contributed by atoms with Crippen molar-refractivity contribution in [2.24, 2.45) is 11.7 Å². The number of benzene rings is 1. The molecule has 0 saturated heterocycles. The van der Waals surface area contributed by atoms with Gasteiger partial charge in [0.2, 0.25) is 0 Å². The van der Waals surface area contributed by atoms with Gasteiger partial charge in [0.05, 0.1) is 0 Å². The van der Waals surface area contributed by atoms with E-state index < -0.39 is 0 Å². The van der Waals surface area contributed by atoms with Crippen molar-refractivity contribution < 1.29 is 0 Å². The first-order valence-electron chi connectivity index (χ1n) is 6.05. The summed E-state index contributed by atoms with van der Waals surface area (Å²) in [5.41, 5.74) is 8.85. The lowest BCUT2D eigenvalue weighted by atomic mass is 10.0. The lowest BCUT2D eigenvalue weighted by molar-refractivity contribution is 0.551. The quantitative estimate of drug-likeness (QED) is 0.782. The van der Waals surface area contributed by atoms with E-state index in [0.29, 0.717) is 6.04 Å². The van der Waals surface area contributed by atoms with E-state index in [-0.39, 0.29) is 0 Å². The van der Waals surface area contributed by atoms with Crippen LogP contribution in [0, 0.1) is 12.8 Å². The van der Waals surface area contributed by atoms with Crippen molar-refractivity contribution in [3.63, 3.8) is 0 Å². The Morgan fingerprint density at radius 2 is 2.20 bits per heavy atom. The van der Waals surface area contributed by atoms with Gasteiger partial charge in [-0.15, -0.1) is 0 Å². The molecule has 2 rings (SSSR count). The molecule has 1 atom stereocenters. The zero-order valence-corrected chi connectivity index (χ0v) is 9.58. The molecule has 0 aromatic heterocycles. The van der Waals surface area contributed by atoms with Gasteiger partial charge in [-0.1, -0.05) is 42.7 Å². The first kappa shape index (κ1) is 10.7. The molecule has 1 aliphatic carbocycles. The molecule has 0 heterocycles. The lowest BCUT2D eigenvalue weighted by Crippen LogP contribution is -2.22. The summed E-state index contributed by atoms with van der Waals surface area (Å²) in [5.74, 6) is 1.01. The summed E-state index contributed by atoms with van der Waals surface area (Å²) in [6.45, 7) is 2.14. The molecular formula is C14H21N. The highest BCUT2D eigenvalue weighted by molar-refractivity contribution is 5.22. The topological polar surface area (TPSA) is 26.0 Å². The summed E-state index contributed by atoms with van der Waals surface area (Å²) in [6.07, 6.45) is 6.45. The summed E-state index contributed by atoms with van der Waals surface area (Å²) in [7, 11) is 0. The minimum absolute atomic E-state index is 0.354. The van der Waals surface area contributed by atoms with Crippen LogP contribution in [0.3, 0.4) is 0 Å². The van der Waals surface area contributed by atoms with E-state index in [4.69, 9.17) is 5.73 Å². The summed E-state index contributed by atoms with van der Waals surface area (Å²) in [6, 6.07) is 9.05. The second-order valence-electron chi connectivity index (χ2n) is 4.97. The van der Waals surface area contributed by atoms with Crippen LogP contribution >= 0.6 is 0 Å². The van der Waals surface area contributed by atoms with Crippen molar-refractivity contribution in [1.29, 1.82) is 0 Å². The molecule has 1 saturated carbocycles. The molecule has 0 bridgehead atoms. The number of hydrogen-bond donors (Lipinski definition) is 1. The fraction of sp³-hybridized carbons (Fsp3) is 0.571. The minimum atomic E-state index is 0.354. The summed E-state index contributed by atoms with van der Waals surface area (Å²) >= 11 is 0. The zero-order valence-electron chi connectivity index (χ0n) is 9.58. The Morgan fingerprint density at radius 1 is 1.40 bits per heavy atom. The van der Waals surface area contributed by atoms with Crippen molar-refractivity contribution in [2.45, 2.75) is 45.1 Å². The first-order valence-corrected chi connectivity index (χ1v) is 6.05. The summed E-state index contributed by atoms with van der Waals surface area (Å²) in [4.78, 5) is 0. The second-order valence-corrected chi connectivity index (χ2v) is 4.97. The van der Waals surface area contributed by atoms with Gasteiger partial charge in [-0.25, -0.2) is 0 Å². The highest BCUT2D eigenvalue weighted by atomic mass is 14.6. The fourth-order valence-corrected chi connectivity index (χ4v) is 2.10. The third kappa shape index (κ3) is 3.67. The van der Waals surface area contributed by atoms with E-state index in [9.17, 15) is 0 Å². The third-order valence-corrected chi connectivity index (χ3v) is 3.22. The van der Waals surface area contributed by atoms with Crippen molar-refractivity contribution in [2.75, 3.05) is 0 Å². The molecule has 1 unspecified atom stereocenters. The maximum absolute atomic E-state index is 6.13. The molecule has 15 heavy (non-hydrogen) atoms. The molecule has 1 aromatic carbocycles. The van der Waals surface area contributed by atoms with Crippen LogP contribution in [0.2, 0.25) is 0 Å². The van der Waals surface area contributed by atoms with Gasteiger partial charge in [0.15, 0.2) is 0 Å². The van der Waals surface area contributed by atoms with Crippen LogP contribution in [0.25, 0.3) is 0 Å². The number of nitrogens with two attached hydrogens (primary N) is 1. The predicted octanol–water partition coefficient (Wildman–Crippen LogP) is 3.06. The van der Waals surface area contributed by atoms with Crippen molar-refractivity contribution in [3.05, 3.63) is 35.4 Å². The Hall–Kier alpha value is -0.820. The molecule has 0 radical (unpaired) electrons. The van der Waals surface area contributed by atoms with Gasteiger partial charge in [0.1, 0.15) is 0 Å². The fourth-order valence-electron chi connectivity index (χ4n) is 2.10. The van der Waals surface area contributed by atoms with Crippen molar-refractivity contribution in [3.8, 4) is 0 Å². The summed E-state index contributed by atoms with van der Waals surface area (Å²) < 4.78 is 0. The summed E-state index contributed by atoms with van der Waals surface area (Å²) in [5, 5.41) is 0. The van der Waals surface area contributed by atoms with Gasteiger partial charge < -0.3 is 5.73 Å². The van der Waals surface area contributed by atoms with E-state index in [2.05, 4.69) is 31.2 Å². The van der Waals surface area contributed by atoms with Crippen LogP contribution < -0.4 is 5.73 Å². The van der Waals surface area contributed by atoms with E-state index in [1.54, 1.807) is 0 Å². The van der Waals surface area contributed by atoms with Crippen molar-refractivity contribution >= 4 is 0 Å². The number of aryl methyl sites for hydroxylation is 1. The second kappa shape index (κ2) is 4.80. The normalized spacial score (nSPS) is 17.7. The average molecular weight is 203 g/mol. The first-order chi connectivity index (χ1) is 7.24. The van der Waals surface area contributed by atoms with E-state index in [0.717, 1.165) is 12.3 Å². The van der Waals surface area contributed by atoms with Crippen LogP contribution in [-0.4, -0.2) is 6.04 Å². The lowest BCUT2D eigenvalue weighted by Gasteiger charge is -2.11. The smallest absolute Gasteiger partial charge is 0.00794 e. The van der Waals surface area contributed by atoms with Crippen LogP contribution in [-0.2, 0) is 6.42 Å². The van der Waals surface area contributed by atoms with Gasteiger partial charge in [-0.2, -0.15) is 0 Å². The van der Waals surface area contributed by atoms with Gasteiger partial charge in [0.25, 0.3) is 0 Å². The van der Waals surface area contributed by atoms with Crippen LogP contribution in [0.5, 0.6) is 0 Å². The Balaban J connectivity index is 1.79. The molecule has 82 valence electrons. The van der Waals surface area contributed by atoms with Crippen LogP contribution in [0.1, 0.15) is 36.8 Å². The monoisotopic (exact) mass is 203 g/mol. The van der Waals surface area contributed by atoms with Crippen molar-refractivity contribution in [1.82, 2.24) is 0 Å². The highest BCUT2D eigenvalue weighted by Gasteiger charge is 2.21. The Morgan fingerprint density at radius 3 is 2.87 bits per heavy atom.